The largest absolute Gasteiger partial charge is 0.345 e. The molecule has 1 aliphatic rings. The summed E-state index contributed by atoms with van der Waals surface area (Å²) in [5.74, 6) is 5.57. The van der Waals surface area contributed by atoms with Crippen LogP contribution in [0.5, 0.6) is 0 Å². The second kappa shape index (κ2) is 8.35. The van der Waals surface area contributed by atoms with E-state index in [-0.39, 0.29) is 30.7 Å². The minimum Gasteiger partial charge on any atom is -0.345 e. The van der Waals surface area contributed by atoms with Crippen LogP contribution in [0.3, 0.4) is 0 Å². The normalized spacial score (nSPS) is 16.1. The van der Waals surface area contributed by atoms with E-state index in [2.05, 4.69) is 17.2 Å². The minimum atomic E-state index is -0.300. The van der Waals surface area contributed by atoms with Crippen LogP contribution in [0.4, 0.5) is 0 Å². The number of rotatable bonds is 4. The Kier molecular flexibility index (Phi) is 5.70. The highest BCUT2D eigenvalue weighted by atomic mass is 16.2. The maximum absolute atomic E-state index is 12.3. The highest BCUT2D eigenvalue weighted by Gasteiger charge is 2.33. The third kappa shape index (κ3) is 4.73. The van der Waals surface area contributed by atoms with Crippen molar-refractivity contribution in [2.24, 2.45) is 5.92 Å². The van der Waals surface area contributed by atoms with Crippen molar-refractivity contribution in [2.45, 2.75) is 19.9 Å². The van der Waals surface area contributed by atoms with Crippen LogP contribution in [-0.2, 0) is 16.1 Å². The van der Waals surface area contributed by atoms with Crippen LogP contribution in [-0.4, -0.2) is 29.8 Å². The van der Waals surface area contributed by atoms with Gasteiger partial charge in [0, 0.05) is 25.1 Å². The first-order chi connectivity index (χ1) is 12.6. The lowest BCUT2D eigenvalue weighted by Crippen LogP contribution is -2.33. The molecule has 1 heterocycles. The first-order valence-electron chi connectivity index (χ1n) is 8.77. The Morgan fingerprint density at radius 2 is 1.88 bits per heavy atom. The maximum atomic E-state index is 12.3. The maximum Gasteiger partial charge on any atom is 0.226 e. The molecule has 2 amide bonds. The van der Waals surface area contributed by atoms with Gasteiger partial charge in [0.2, 0.25) is 11.8 Å². The van der Waals surface area contributed by atoms with E-state index in [1.165, 1.54) is 5.56 Å². The van der Waals surface area contributed by atoms with Gasteiger partial charge in [0.25, 0.3) is 0 Å². The van der Waals surface area contributed by atoms with Crippen molar-refractivity contribution in [1.82, 2.24) is 10.2 Å². The Labute approximate surface area is 154 Å². The first kappa shape index (κ1) is 17.8. The summed E-state index contributed by atoms with van der Waals surface area (Å²) in [4.78, 5) is 26.2. The highest BCUT2D eigenvalue weighted by Crippen LogP contribution is 2.20. The SMILES string of the molecule is Cc1ccc(CN2CC(C(=O)NCC#Cc3ccccc3)CC2=O)cc1. The molecular weight excluding hydrogens is 324 g/mol. The van der Waals surface area contributed by atoms with Crippen LogP contribution in [0.25, 0.3) is 0 Å². The molecule has 1 fully saturated rings. The summed E-state index contributed by atoms with van der Waals surface area (Å²) in [6.07, 6.45) is 0.268. The Morgan fingerprint density at radius 1 is 1.15 bits per heavy atom. The van der Waals surface area contributed by atoms with Crippen molar-refractivity contribution in [3.05, 3.63) is 71.3 Å². The zero-order valence-corrected chi connectivity index (χ0v) is 14.9. The van der Waals surface area contributed by atoms with E-state index < -0.39 is 0 Å². The molecular formula is C22H22N2O2. The van der Waals surface area contributed by atoms with Gasteiger partial charge in [-0.1, -0.05) is 59.9 Å². The van der Waals surface area contributed by atoms with Gasteiger partial charge in [-0.05, 0) is 24.6 Å². The number of hydrogen-bond donors (Lipinski definition) is 1. The predicted molar refractivity (Wildman–Crippen MR) is 101 cm³/mol. The Balaban J connectivity index is 1.49. The molecule has 4 heteroatoms. The first-order valence-corrected chi connectivity index (χ1v) is 8.77. The fourth-order valence-corrected chi connectivity index (χ4v) is 2.96. The van der Waals surface area contributed by atoms with Crippen LogP contribution in [0, 0.1) is 24.7 Å². The van der Waals surface area contributed by atoms with E-state index in [1.54, 1.807) is 4.90 Å². The van der Waals surface area contributed by atoms with Gasteiger partial charge in [0.1, 0.15) is 0 Å². The summed E-state index contributed by atoms with van der Waals surface area (Å²) in [6, 6.07) is 17.7. The van der Waals surface area contributed by atoms with Gasteiger partial charge in [-0.3, -0.25) is 9.59 Å². The van der Waals surface area contributed by atoms with Crippen LogP contribution < -0.4 is 5.32 Å². The summed E-state index contributed by atoms with van der Waals surface area (Å²) < 4.78 is 0. The highest BCUT2D eigenvalue weighted by molar-refractivity contribution is 5.89. The second-order valence-electron chi connectivity index (χ2n) is 6.55. The van der Waals surface area contributed by atoms with Crippen LogP contribution in [0.15, 0.2) is 54.6 Å². The minimum absolute atomic E-state index is 0.0288. The molecule has 0 spiro atoms. The standard InChI is InChI=1S/C22H22N2O2/c1-17-9-11-19(12-10-17)15-24-16-20(14-21(24)25)22(26)23-13-5-8-18-6-3-2-4-7-18/h2-4,6-7,9-12,20H,13-16H2,1H3,(H,23,26). The summed E-state index contributed by atoms with van der Waals surface area (Å²) in [7, 11) is 0. The summed E-state index contributed by atoms with van der Waals surface area (Å²) in [5.41, 5.74) is 3.19. The van der Waals surface area contributed by atoms with Gasteiger partial charge in [0.05, 0.1) is 12.5 Å². The van der Waals surface area contributed by atoms with Crippen molar-refractivity contribution in [3.63, 3.8) is 0 Å². The Morgan fingerprint density at radius 3 is 2.62 bits per heavy atom. The number of benzene rings is 2. The van der Waals surface area contributed by atoms with Crippen LogP contribution in [0.2, 0.25) is 0 Å². The number of nitrogens with zero attached hydrogens (tertiary/aromatic N) is 1. The number of likely N-dealkylation sites (tertiary alicyclic amines) is 1. The summed E-state index contributed by atoms with van der Waals surface area (Å²) >= 11 is 0. The topological polar surface area (TPSA) is 49.4 Å². The molecule has 2 aromatic rings. The molecule has 3 rings (SSSR count). The third-order valence-electron chi connectivity index (χ3n) is 4.44. The zero-order valence-electron chi connectivity index (χ0n) is 14.9. The lowest BCUT2D eigenvalue weighted by atomic mass is 10.1. The van der Waals surface area contributed by atoms with Crippen LogP contribution >= 0.6 is 0 Å². The molecule has 1 saturated heterocycles. The lowest BCUT2D eigenvalue weighted by Gasteiger charge is -2.16. The molecule has 2 aromatic carbocycles. The van der Waals surface area contributed by atoms with Crippen molar-refractivity contribution in [1.29, 1.82) is 0 Å². The number of aryl methyl sites for hydroxylation is 1. The van der Waals surface area contributed by atoms with E-state index in [4.69, 9.17) is 0 Å². The van der Waals surface area contributed by atoms with Gasteiger partial charge in [0.15, 0.2) is 0 Å². The molecule has 26 heavy (non-hydrogen) atoms. The monoisotopic (exact) mass is 346 g/mol. The fraction of sp³-hybridized carbons (Fsp3) is 0.273. The van der Waals surface area contributed by atoms with Crippen molar-refractivity contribution in [3.8, 4) is 11.8 Å². The van der Waals surface area contributed by atoms with Crippen molar-refractivity contribution in [2.75, 3.05) is 13.1 Å². The van der Waals surface area contributed by atoms with E-state index in [0.717, 1.165) is 11.1 Å². The van der Waals surface area contributed by atoms with E-state index >= 15 is 0 Å². The molecule has 0 bridgehead atoms. The molecule has 0 radical (unpaired) electrons. The van der Waals surface area contributed by atoms with E-state index in [1.807, 2.05) is 61.5 Å². The second-order valence-corrected chi connectivity index (χ2v) is 6.55. The lowest BCUT2D eigenvalue weighted by molar-refractivity contribution is -0.129. The van der Waals surface area contributed by atoms with E-state index in [9.17, 15) is 9.59 Å². The average Bonchev–Trinajstić information content (AvgIpc) is 3.02. The zero-order chi connectivity index (χ0) is 18.4. The molecule has 0 saturated carbocycles. The van der Waals surface area contributed by atoms with Crippen molar-refractivity contribution < 1.29 is 9.59 Å². The number of hydrogen-bond acceptors (Lipinski definition) is 2. The molecule has 1 N–H and O–H groups in total. The van der Waals surface area contributed by atoms with E-state index in [0.29, 0.717) is 13.1 Å². The molecule has 1 unspecified atom stereocenters. The number of carbonyl (C=O) groups is 2. The Hall–Kier alpha value is -3.06. The van der Waals surface area contributed by atoms with Crippen LogP contribution in [0.1, 0.15) is 23.1 Å². The molecule has 4 nitrogen and oxygen atoms in total. The quantitative estimate of drug-likeness (QED) is 0.865. The van der Waals surface area contributed by atoms with Crippen molar-refractivity contribution >= 4 is 11.8 Å². The number of nitrogens with one attached hydrogen (secondary N) is 1. The van der Waals surface area contributed by atoms with Gasteiger partial charge >= 0.3 is 0 Å². The third-order valence-corrected chi connectivity index (χ3v) is 4.44. The molecule has 0 aliphatic carbocycles. The Bertz CT molecular complexity index is 832. The smallest absolute Gasteiger partial charge is 0.226 e. The molecule has 1 aliphatic heterocycles. The molecule has 1 atom stereocenters. The van der Waals surface area contributed by atoms with Gasteiger partial charge in [-0.25, -0.2) is 0 Å². The van der Waals surface area contributed by atoms with Gasteiger partial charge < -0.3 is 10.2 Å². The number of amides is 2. The summed E-state index contributed by atoms with van der Waals surface area (Å²) in [6.45, 7) is 3.34. The fourth-order valence-electron chi connectivity index (χ4n) is 2.96. The van der Waals surface area contributed by atoms with Gasteiger partial charge in [-0.2, -0.15) is 0 Å². The average molecular weight is 346 g/mol. The molecule has 132 valence electrons. The predicted octanol–water partition coefficient (Wildman–Crippen LogP) is 2.51. The summed E-state index contributed by atoms with van der Waals surface area (Å²) in [5, 5.41) is 2.82. The van der Waals surface area contributed by atoms with Gasteiger partial charge in [-0.15, -0.1) is 0 Å². The number of carbonyl (C=O) groups excluding carboxylic acids is 2. The molecule has 0 aromatic heterocycles.